The van der Waals surface area contributed by atoms with Gasteiger partial charge in [0.25, 0.3) is 5.69 Å². The van der Waals surface area contributed by atoms with Gasteiger partial charge < -0.3 is 10.0 Å². The summed E-state index contributed by atoms with van der Waals surface area (Å²) in [6, 6.07) is 6.54. The van der Waals surface area contributed by atoms with E-state index in [2.05, 4.69) is 0 Å². The molecule has 0 radical (unpaired) electrons. The number of hydrogen-bond donors (Lipinski definition) is 1. The Balaban J connectivity index is 2.33. The van der Waals surface area contributed by atoms with Gasteiger partial charge in [-0.1, -0.05) is 25.5 Å². The SMILES string of the molecule is CCCC1(C(=O)O)CCCN(c2ccccc2[N+](=O)[O-])C1. The molecule has 6 nitrogen and oxygen atoms in total. The van der Waals surface area contributed by atoms with Gasteiger partial charge in [0.05, 0.1) is 10.3 Å². The summed E-state index contributed by atoms with van der Waals surface area (Å²) in [5.74, 6) is -0.798. The van der Waals surface area contributed by atoms with Gasteiger partial charge in [-0.25, -0.2) is 0 Å². The molecule has 1 aliphatic heterocycles. The molecule has 0 aromatic heterocycles. The topological polar surface area (TPSA) is 83.7 Å². The van der Waals surface area contributed by atoms with Crippen molar-refractivity contribution in [3.05, 3.63) is 34.4 Å². The summed E-state index contributed by atoms with van der Waals surface area (Å²) in [4.78, 5) is 24.3. The molecule has 1 fully saturated rings. The molecule has 1 atom stereocenters. The lowest BCUT2D eigenvalue weighted by Gasteiger charge is -2.40. The van der Waals surface area contributed by atoms with Crippen LogP contribution < -0.4 is 4.90 Å². The van der Waals surface area contributed by atoms with E-state index in [1.807, 2.05) is 11.8 Å². The number of piperidine rings is 1. The van der Waals surface area contributed by atoms with Gasteiger partial charge in [-0.2, -0.15) is 0 Å². The van der Waals surface area contributed by atoms with Gasteiger partial charge in [0.1, 0.15) is 5.69 Å². The van der Waals surface area contributed by atoms with Crippen LogP contribution in [0.5, 0.6) is 0 Å². The smallest absolute Gasteiger partial charge is 0.311 e. The van der Waals surface area contributed by atoms with E-state index in [1.165, 1.54) is 6.07 Å². The van der Waals surface area contributed by atoms with Crippen LogP contribution in [0, 0.1) is 15.5 Å². The maximum absolute atomic E-state index is 11.7. The number of aliphatic carboxylic acids is 1. The fourth-order valence-electron chi connectivity index (χ4n) is 3.19. The first-order chi connectivity index (χ1) is 10.00. The number of para-hydroxylation sites is 2. The van der Waals surface area contributed by atoms with Crippen LogP contribution in [0.1, 0.15) is 32.6 Å². The quantitative estimate of drug-likeness (QED) is 0.666. The summed E-state index contributed by atoms with van der Waals surface area (Å²) in [5, 5.41) is 20.8. The predicted molar refractivity (Wildman–Crippen MR) is 79.5 cm³/mol. The highest BCUT2D eigenvalue weighted by Gasteiger charge is 2.42. The zero-order valence-electron chi connectivity index (χ0n) is 12.1. The van der Waals surface area contributed by atoms with Crippen LogP contribution in [-0.2, 0) is 4.79 Å². The first-order valence-electron chi connectivity index (χ1n) is 7.22. The molecule has 1 aromatic carbocycles. The molecule has 1 aromatic rings. The largest absolute Gasteiger partial charge is 0.481 e. The minimum Gasteiger partial charge on any atom is -0.481 e. The van der Waals surface area contributed by atoms with Crippen LogP contribution in [-0.4, -0.2) is 29.1 Å². The lowest BCUT2D eigenvalue weighted by molar-refractivity contribution is -0.384. The first kappa shape index (κ1) is 15.3. The molecule has 0 spiro atoms. The summed E-state index contributed by atoms with van der Waals surface area (Å²) in [6.45, 7) is 2.96. The lowest BCUT2D eigenvalue weighted by atomic mass is 9.76. The van der Waals surface area contributed by atoms with Crippen LogP contribution in [0.15, 0.2) is 24.3 Å². The van der Waals surface area contributed by atoms with Gasteiger partial charge in [-0.05, 0) is 25.3 Å². The van der Waals surface area contributed by atoms with Crippen LogP contribution in [0.4, 0.5) is 11.4 Å². The minimum absolute atomic E-state index is 0.0372. The number of benzene rings is 1. The molecule has 0 saturated carbocycles. The van der Waals surface area contributed by atoms with Crippen molar-refractivity contribution in [2.75, 3.05) is 18.0 Å². The molecule has 2 rings (SSSR count). The maximum Gasteiger partial charge on any atom is 0.311 e. The Morgan fingerprint density at radius 3 is 2.81 bits per heavy atom. The second-order valence-corrected chi connectivity index (χ2v) is 5.61. The standard InChI is InChI=1S/C15H20N2O4/c1-2-8-15(14(18)19)9-5-10-16(11-15)12-6-3-4-7-13(12)17(20)21/h3-4,6-7H,2,5,8-11H2,1H3,(H,18,19). The Morgan fingerprint density at radius 2 is 2.19 bits per heavy atom. The number of nitro benzene ring substituents is 1. The van der Waals surface area contributed by atoms with Crippen molar-refractivity contribution >= 4 is 17.3 Å². The van der Waals surface area contributed by atoms with Crippen molar-refractivity contribution in [2.45, 2.75) is 32.6 Å². The van der Waals surface area contributed by atoms with Crippen LogP contribution in [0.25, 0.3) is 0 Å². The Kier molecular flexibility index (Phi) is 4.45. The highest BCUT2D eigenvalue weighted by molar-refractivity contribution is 5.76. The van der Waals surface area contributed by atoms with E-state index in [0.29, 0.717) is 31.6 Å². The fraction of sp³-hybridized carbons (Fsp3) is 0.533. The molecular weight excluding hydrogens is 272 g/mol. The van der Waals surface area contributed by atoms with Crippen molar-refractivity contribution in [2.24, 2.45) is 5.41 Å². The normalized spacial score (nSPS) is 22.0. The molecule has 6 heteroatoms. The minimum atomic E-state index is -0.798. The molecular formula is C15H20N2O4. The number of rotatable bonds is 5. The van der Waals surface area contributed by atoms with E-state index < -0.39 is 16.3 Å². The number of carbonyl (C=O) groups is 1. The first-order valence-corrected chi connectivity index (χ1v) is 7.22. The number of carboxylic acid groups (broad SMARTS) is 1. The number of nitrogens with zero attached hydrogens (tertiary/aromatic N) is 2. The lowest BCUT2D eigenvalue weighted by Crippen LogP contribution is -2.48. The maximum atomic E-state index is 11.7. The summed E-state index contributed by atoms with van der Waals surface area (Å²) in [5.41, 5.74) is -0.240. The van der Waals surface area contributed by atoms with E-state index in [4.69, 9.17) is 0 Å². The van der Waals surface area contributed by atoms with Crippen molar-refractivity contribution in [3.8, 4) is 0 Å². The van der Waals surface area contributed by atoms with Crippen molar-refractivity contribution in [1.82, 2.24) is 0 Å². The van der Waals surface area contributed by atoms with Crippen LogP contribution in [0.2, 0.25) is 0 Å². The van der Waals surface area contributed by atoms with Gasteiger partial charge in [0.2, 0.25) is 0 Å². The van der Waals surface area contributed by atoms with Gasteiger partial charge >= 0.3 is 5.97 Å². The molecule has 0 bridgehead atoms. The molecule has 1 heterocycles. The average molecular weight is 292 g/mol. The number of anilines is 1. The van der Waals surface area contributed by atoms with E-state index >= 15 is 0 Å². The van der Waals surface area contributed by atoms with E-state index in [1.54, 1.807) is 18.2 Å². The van der Waals surface area contributed by atoms with Crippen molar-refractivity contribution < 1.29 is 14.8 Å². The van der Waals surface area contributed by atoms with E-state index in [-0.39, 0.29) is 5.69 Å². The molecule has 1 saturated heterocycles. The highest BCUT2D eigenvalue weighted by Crippen LogP contribution is 2.39. The van der Waals surface area contributed by atoms with E-state index in [0.717, 1.165) is 12.8 Å². The monoisotopic (exact) mass is 292 g/mol. The second-order valence-electron chi connectivity index (χ2n) is 5.61. The number of carboxylic acids is 1. The van der Waals surface area contributed by atoms with Crippen LogP contribution in [0.3, 0.4) is 0 Å². The molecule has 1 N–H and O–H groups in total. The third-order valence-electron chi connectivity index (χ3n) is 4.18. The molecule has 1 aliphatic rings. The fourth-order valence-corrected chi connectivity index (χ4v) is 3.19. The molecule has 21 heavy (non-hydrogen) atoms. The van der Waals surface area contributed by atoms with Gasteiger partial charge in [0, 0.05) is 19.2 Å². The Bertz CT molecular complexity index is 542. The third-order valence-corrected chi connectivity index (χ3v) is 4.18. The predicted octanol–water partition coefficient (Wildman–Crippen LogP) is 3.07. The number of hydrogen-bond acceptors (Lipinski definition) is 4. The van der Waals surface area contributed by atoms with Crippen LogP contribution >= 0.6 is 0 Å². The molecule has 114 valence electrons. The average Bonchev–Trinajstić information content (AvgIpc) is 2.47. The second kappa shape index (κ2) is 6.11. The Labute approximate surface area is 123 Å². The number of nitro groups is 1. The zero-order chi connectivity index (χ0) is 15.5. The molecule has 1 unspecified atom stereocenters. The Hall–Kier alpha value is -2.11. The van der Waals surface area contributed by atoms with Gasteiger partial charge in [-0.15, -0.1) is 0 Å². The van der Waals surface area contributed by atoms with Crippen molar-refractivity contribution in [3.63, 3.8) is 0 Å². The zero-order valence-corrected chi connectivity index (χ0v) is 12.1. The summed E-state index contributed by atoms with van der Waals surface area (Å²) in [7, 11) is 0. The molecule has 0 aliphatic carbocycles. The summed E-state index contributed by atoms with van der Waals surface area (Å²) in [6.07, 6.45) is 2.75. The van der Waals surface area contributed by atoms with E-state index in [9.17, 15) is 20.0 Å². The van der Waals surface area contributed by atoms with Gasteiger partial charge in [-0.3, -0.25) is 14.9 Å². The summed E-state index contributed by atoms with van der Waals surface area (Å²) < 4.78 is 0. The third kappa shape index (κ3) is 2.99. The van der Waals surface area contributed by atoms with Crippen molar-refractivity contribution in [1.29, 1.82) is 0 Å². The Morgan fingerprint density at radius 1 is 1.48 bits per heavy atom. The highest BCUT2D eigenvalue weighted by atomic mass is 16.6. The summed E-state index contributed by atoms with van der Waals surface area (Å²) >= 11 is 0. The van der Waals surface area contributed by atoms with Gasteiger partial charge in [0.15, 0.2) is 0 Å². The molecule has 0 amide bonds.